The summed E-state index contributed by atoms with van der Waals surface area (Å²) in [6.45, 7) is 2.80. The lowest BCUT2D eigenvalue weighted by Crippen LogP contribution is -2.29. The second kappa shape index (κ2) is 9.38. The van der Waals surface area contributed by atoms with Crippen molar-refractivity contribution in [1.29, 1.82) is 0 Å². The number of hydrogen-bond acceptors (Lipinski definition) is 2. The Balaban J connectivity index is 1.67. The fraction of sp³-hybridized carbons (Fsp3) is 0.174. The van der Waals surface area contributed by atoms with E-state index in [4.69, 9.17) is 4.74 Å². The van der Waals surface area contributed by atoms with Crippen LogP contribution in [0, 0.1) is 6.92 Å². The van der Waals surface area contributed by atoms with E-state index in [1.807, 2.05) is 42.5 Å². The van der Waals surface area contributed by atoms with Crippen LogP contribution in [0.15, 0.2) is 83.3 Å². The lowest BCUT2D eigenvalue weighted by molar-refractivity contribution is 0.139. The van der Waals surface area contributed by atoms with Crippen molar-refractivity contribution in [3.63, 3.8) is 0 Å². The van der Waals surface area contributed by atoms with Gasteiger partial charge in [0.15, 0.2) is 0 Å². The molecule has 0 aliphatic heterocycles. The fourth-order valence-electron chi connectivity index (χ4n) is 2.88. The smallest absolute Gasteiger partial charge is 0.407 e. The van der Waals surface area contributed by atoms with Crippen LogP contribution in [0.4, 0.5) is 4.79 Å². The van der Waals surface area contributed by atoms with Gasteiger partial charge in [-0.3, -0.25) is 0 Å². The highest BCUT2D eigenvalue weighted by Crippen LogP contribution is 2.26. The van der Waals surface area contributed by atoms with Gasteiger partial charge < -0.3 is 10.1 Å². The van der Waals surface area contributed by atoms with Gasteiger partial charge in [0, 0.05) is 16.9 Å². The second-order valence-electron chi connectivity index (χ2n) is 6.46. The van der Waals surface area contributed by atoms with E-state index in [0.29, 0.717) is 6.54 Å². The molecule has 1 atom stereocenters. The van der Waals surface area contributed by atoms with Crippen molar-refractivity contribution in [2.75, 3.05) is 6.54 Å². The number of hydrogen-bond donors (Lipinski definition) is 1. The van der Waals surface area contributed by atoms with Crippen molar-refractivity contribution >= 4 is 22.0 Å². The Morgan fingerprint density at radius 2 is 1.52 bits per heavy atom. The summed E-state index contributed by atoms with van der Waals surface area (Å²) in [7, 11) is 0. The molecule has 27 heavy (non-hydrogen) atoms. The minimum atomic E-state index is -0.409. The van der Waals surface area contributed by atoms with E-state index < -0.39 is 6.09 Å². The molecular weight excluding hydrogens is 402 g/mol. The number of benzene rings is 3. The monoisotopic (exact) mass is 423 g/mol. The predicted molar refractivity (Wildman–Crippen MR) is 112 cm³/mol. The minimum absolute atomic E-state index is 0.0583. The van der Waals surface area contributed by atoms with Crippen molar-refractivity contribution in [3.05, 3.63) is 106 Å². The largest absolute Gasteiger partial charge is 0.445 e. The Kier molecular flexibility index (Phi) is 6.66. The average Bonchev–Trinajstić information content (AvgIpc) is 2.70. The zero-order valence-electron chi connectivity index (χ0n) is 15.2. The first-order valence-corrected chi connectivity index (χ1v) is 9.68. The van der Waals surface area contributed by atoms with E-state index in [-0.39, 0.29) is 12.5 Å². The van der Waals surface area contributed by atoms with E-state index in [2.05, 4.69) is 64.6 Å². The molecule has 0 aliphatic rings. The number of halogens is 1. The predicted octanol–water partition coefficient (Wildman–Crippen LogP) is 5.82. The third-order valence-electron chi connectivity index (χ3n) is 4.42. The third-order valence-corrected chi connectivity index (χ3v) is 4.94. The van der Waals surface area contributed by atoms with Crippen LogP contribution < -0.4 is 5.32 Å². The van der Waals surface area contributed by atoms with Gasteiger partial charge in [0.2, 0.25) is 0 Å². The van der Waals surface area contributed by atoms with Crippen LogP contribution in [0.1, 0.15) is 28.2 Å². The summed E-state index contributed by atoms with van der Waals surface area (Å²) in [5.74, 6) is 0.0583. The lowest BCUT2D eigenvalue weighted by Gasteiger charge is -2.19. The van der Waals surface area contributed by atoms with Crippen LogP contribution in [0.25, 0.3) is 0 Å². The molecule has 3 rings (SSSR count). The Hall–Kier alpha value is -2.59. The Bertz CT molecular complexity index is 816. The second-order valence-corrected chi connectivity index (χ2v) is 7.37. The Labute approximate surface area is 168 Å². The lowest BCUT2D eigenvalue weighted by atomic mass is 9.91. The van der Waals surface area contributed by atoms with Gasteiger partial charge in [0.25, 0.3) is 0 Å². The normalized spacial score (nSPS) is 11.6. The molecule has 3 aromatic carbocycles. The highest BCUT2D eigenvalue weighted by Gasteiger charge is 2.16. The summed E-state index contributed by atoms with van der Waals surface area (Å²) >= 11 is 3.48. The number of nitrogens with one attached hydrogen (secondary N) is 1. The maximum Gasteiger partial charge on any atom is 0.407 e. The van der Waals surface area contributed by atoms with Crippen molar-refractivity contribution in [1.82, 2.24) is 5.32 Å². The van der Waals surface area contributed by atoms with Crippen molar-refractivity contribution < 1.29 is 9.53 Å². The van der Waals surface area contributed by atoms with Crippen LogP contribution >= 0.6 is 15.9 Å². The van der Waals surface area contributed by atoms with Gasteiger partial charge in [-0.05, 0) is 35.7 Å². The summed E-state index contributed by atoms with van der Waals surface area (Å²) < 4.78 is 6.36. The summed E-state index contributed by atoms with van der Waals surface area (Å²) in [5, 5.41) is 2.91. The molecule has 0 heterocycles. The first-order valence-electron chi connectivity index (χ1n) is 8.88. The van der Waals surface area contributed by atoms with Gasteiger partial charge in [0.05, 0.1) is 0 Å². The number of ether oxygens (including phenoxy) is 1. The van der Waals surface area contributed by atoms with Crippen LogP contribution in [0.3, 0.4) is 0 Å². The molecule has 138 valence electrons. The first kappa shape index (κ1) is 19.2. The number of carbonyl (C=O) groups is 1. The van der Waals surface area contributed by atoms with E-state index >= 15 is 0 Å². The number of rotatable bonds is 6. The maximum absolute atomic E-state index is 12.2. The molecule has 0 radical (unpaired) electrons. The van der Waals surface area contributed by atoms with Gasteiger partial charge in [-0.25, -0.2) is 4.79 Å². The van der Waals surface area contributed by atoms with Gasteiger partial charge in [-0.1, -0.05) is 88.2 Å². The van der Waals surface area contributed by atoms with Crippen LogP contribution in [0.2, 0.25) is 0 Å². The molecule has 3 aromatic rings. The van der Waals surface area contributed by atoms with Gasteiger partial charge in [-0.2, -0.15) is 0 Å². The Morgan fingerprint density at radius 1 is 0.926 bits per heavy atom. The molecule has 0 fully saturated rings. The van der Waals surface area contributed by atoms with Crippen LogP contribution in [0.5, 0.6) is 0 Å². The molecule has 0 saturated heterocycles. The Morgan fingerprint density at radius 3 is 2.15 bits per heavy atom. The van der Waals surface area contributed by atoms with E-state index in [0.717, 1.165) is 21.2 Å². The maximum atomic E-state index is 12.2. The summed E-state index contributed by atoms with van der Waals surface area (Å²) in [6, 6.07) is 26.3. The molecule has 4 heteroatoms. The molecule has 0 aliphatic carbocycles. The van der Waals surface area contributed by atoms with Crippen molar-refractivity contribution in [2.45, 2.75) is 19.4 Å². The molecule has 0 spiro atoms. The fourth-order valence-corrected chi connectivity index (χ4v) is 3.15. The number of amides is 1. The van der Waals surface area contributed by atoms with Crippen LogP contribution in [-0.4, -0.2) is 12.6 Å². The number of alkyl carbamates (subject to hydrolysis) is 1. The highest BCUT2D eigenvalue weighted by molar-refractivity contribution is 9.10. The zero-order valence-corrected chi connectivity index (χ0v) is 16.8. The summed E-state index contributed by atoms with van der Waals surface area (Å²) in [4.78, 5) is 12.2. The zero-order chi connectivity index (χ0) is 19.1. The molecular formula is C23H22BrNO2. The third kappa shape index (κ3) is 5.69. The molecule has 0 bridgehead atoms. The minimum Gasteiger partial charge on any atom is -0.445 e. The van der Waals surface area contributed by atoms with E-state index in [1.54, 1.807) is 0 Å². The van der Waals surface area contributed by atoms with E-state index in [9.17, 15) is 4.79 Å². The molecule has 3 nitrogen and oxygen atoms in total. The van der Waals surface area contributed by atoms with Gasteiger partial charge in [0.1, 0.15) is 6.61 Å². The van der Waals surface area contributed by atoms with Crippen molar-refractivity contribution in [3.8, 4) is 0 Å². The molecule has 0 aromatic heterocycles. The van der Waals surface area contributed by atoms with Gasteiger partial charge in [-0.15, -0.1) is 0 Å². The van der Waals surface area contributed by atoms with Crippen molar-refractivity contribution in [2.24, 2.45) is 0 Å². The van der Waals surface area contributed by atoms with Crippen LogP contribution in [-0.2, 0) is 11.3 Å². The van der Waals surface area contributed by atoms with Gasteiger partial charge >= 0.3 is 6.09 Å². The molecule has 1 unspecified atom stereocenters. The van der Waals surface area contributed by atoms with E-state index in [1.165, 1.54) is 5.56 Å². The molecule has 0 saturated carbocycles. The highest BCUT2D eigenvalue weighted by atomic mass is 79.9. The topological polar surface area (TPSA) is 38.3 Å². The first-order chi connectivity index (χ1) is 13.1. The number of aryl methyl sites for hydroxylation is 1. The standard InChI is InChI=1S/C23H22BrNO2/c1-17-7-9-19(10-8-17)22(20-11-13-21(24)14-12-20)15-25-23(26)27-16-18-5-3-2-4-6-18/h2-14,22H,15-16H2,1H3,(H,25,26). The quantitative estimate of drug-likeness (QED) is 0.542. The summed E-state index contributed by atoms with van der Waals surface area (Å²) in [5.41, 5.74) is 4.48. The molecule has 1 N–H and O–H groups in total. The molecule has 1 amide bonds. The number of carbonyl (C=O) groups excluding carboxylic acids is 1. The SMILES string of the molecule is Cc1ccc(C(CNC(=O)OCc2ccccc2)c2ccc(Br)cc2)cc1. The summed E-state index contributed by atoms with van der Waals surface area (Å²) in [6.07, 6.45) is -0.409. The average molecular weight is 424 g/mol.